The van der Waals surface area contributed by atoms with E-state index in [9.17, 15) is 10.1 Å². The van der Waals surface area contributed by atoms with Gasteiger partial charge < -0.3 is 9.64 Å². The van der Waals surface area contributed by atoms with E-state index in [0.717, 1.165) is 24.1 Å². The smallest absolute Gasteiger partial charge is 0.354 e. The predicted octanol–water partition coefficient (Wildman–Crippen LogP) is 5.60. The van der Waals surface area contributed by atoms with Gasteiger partial charge in [0.05, 0.1) is 4.92 Å². The summed E-state index contributed by atoms with van der Waals surface area (Å²) in [5, 5.41) is 12.4. The number of rotatable bonds is 7. The molecule has 1 aromatic heterocycles. The maximum Gasteiger partial charge on any atom is 0.354 e. The molecule has 0 aliphatic rings. The Morgan fingerprint density at radius 3 is 2.31 bits per heavy atom. The van der Waals surface area contributed by atoms with E-state index >= 15 is 0 Å². The number of pyridine rings is 1. The van der Waals surface area contributed by atoms with Gasteiger partial charge in [0.2, 0.25) is 0 Å². The molecule has 0 aliphatic heterocycles. The molecular weight excluding hydrogens is 354 g/mol. The number of nitrogens with zero attached hydrogens (tertiary/aromatic N) is 3. The van der Waals surface area contributed by atoms with Crippen molar-refractivity contribution < 1.29 is 9.66 Å². The Hall–Kier alpha value is -2.34. The molecule has 140 valence electrons. The summed E-state index contributed by atoms with van der Waals surface area (Å²) < 4.78 is 5.94. The molecule has 0 fully saturated rings. The van der Waals surface area contributed by atoms with Gasteiger partial charge in [0.15, 0.2) is 0 Å². The van der Waals surface area contributed by atoms with Crippen LogP contribution in [0.4, 0.5) is 11.4 Å². The first kappa shape index (κ1) is 20.0. The molecule has 1 heterocycles. The van der Waals surface area contributed by atoms with Crippen molar-refractivity contribution in [2.45, 2.75) is 41.0 Å². The van der Waals surface area contributed by atoms with Gasteiger partial charge in [-0.25, -0.2) is 4.98 Å². The van der Waals surface area contributed by atoms with E-state index in [1.807, 2.05) is 32.6 Å². The summed E-state index contributed by atoms with van der Waals surface area (Å²) in [6, 6.07) is 5.27. The lowest BCUT2D eigenvalue weighted by molar-refractivity contribution is -0.385. The first-order chi connectivity index (χ1) is 12.3. The highest BCUT2D eigenvalue weighted by atomic mass is 35.5. The second-order valence-corrected chi connectivity index (χ2v) is 6.68. The zero-order valence-corrected chi connectivity index (χ0v) is 16.6. The van der Waals surface area contributed by atoms with Gasteiger partial charge in [0.1, 0.15) is 11.4 Å². The number of hydrogen-bond donors (Lipinski definition) is 0. The van der Waals surface area contributed by atoms with Gasteiger partial charge in [-0.2, -0.15) is 0 Å². The van der Waals surface area contributed by atoms with Crippen LogP contribution in [0.1, 0.15) is 37.1 Å². The van der Waals surface area contributed by atoms with Crippen molar-refractivity contribution in [2.24, 2.45) is 0 Å². The highest BCUT2D eigenvalue weighted by molar-refractivity contribution is 6.30. The number of nitro groups is 1. The third-order valence-electron chi connectivity index (χ3n) is 4.09. The van der Waals surface area contributed by atoms with Gasteiger partial charge in [-0.05, 0) is 63.4 Å². The van der Waals surface area contributed by atoms with Crippen molar-refractivity contribution in [1.82, 2.24) is 4.98 Å². The Morgan fingerprint density at radius 1 is 1.19 bits per heavy atom. The number of aromatic nitrogens is 1. The molecule has 2 aromatic rings. The molecule has 0 unspecified atom stereocenters. The van der Waals surface area contributed by atoms with E-state index < -0.39 is 4.92 Å². The van der Waals surface area contributed by atoms with Crippen molar-refractivity contribution in [3.63, 3.8) is 0 Å². The molecule has 1 aromatic carbocycles. The average molecular weight is 378 g/mol. The van der Waals surface area contributed by atoms with Crippen LogP contribution < -0.4 is 9.64 Å². The van der Waals surface area contributed by atoms with Crippen molar-refractivity contribution >= 4 is 23.0 Å². The third kappa shape index (κ3) is 4.25. The zero-order valence-electron chi connectivity index (χ0n) is 15.8. The lowest BCUT2D eigenvalue weighted by atomic mass is 10.1. The summed E-state index contributed by atoms with van der Waals surface area (Å²) in [7, 11) is 0. The molecule has 0 atom stereocenters. The fraction of sp³-hybridized carbons (Fsp3) is 0.421. The number of aryl methyl sites for hydroxylation is 3. The van der Waals surface area contributed by atoms with Crippen LogP contribution in [0, 0.1) is 30.9 Å². The van der Waals surface area contributed by atoms with E-state index in [4.69, 9.17) is 16.3 Å². The standard InChI is InChI=1S/C19H24ClN3O3/c1-6-8-22(7-2)16-11-14(5)21-19(17(16)23(24)25)26-18-12(3)9-15(20)10-13(18)4/h9-11H,6-8H2,1-5H3. The second kappa shape index (κ2) is 8.36. The number of anilines is 1. The summed E-state index contributed by atoms with van der Waals surface area (Å²) in [4.78, 5) is 17.7. The number of benzene rings is 1. The molecule has 26 heavy (non-hydrogen) atoms. The highest BCUT2D eigenvalue weighted by Gasteiger charge is 2.28. The minimum Gasteiger partial charge on any atom is -0.433 e. The lowest BCUT2D eigenvalue weighted by Crippen LogP contribution is -2.24. The van der Waals surface area contributed by atoms with E-state index in [1.54, 1.807) is 25.1 Å². The van der Waals surface area contributed by atoms with E-state index in [0.29, 0.717) is 28.7 Å². The summed E-state index contributed by atoms with van der Waals surface area (Å²) in [6.45, 7) is 10.9. The Kier molecular flexibility index (Phi) is 6.42. The molecular formula is C19H24ClN3O3. The van der Waals surface area contributed by atoms with Crippen molar-refractivity contribution in [1.29, 1.82) is 0 Å². The molecule has 0 aliphatic carbocycles. The topological polar surface area (TPSA) is 68.5 Å². The molecule has 0 radical (unpaired) electrons. The van der Waals surface area contributed by atoms with Crippen LogP contribution in [0.2, 0.25) is 5.02 Å². The minimum absolute atomic E-state index is 0.00748. The van der Waals surface area contributed by atoms with Crippen LogP contribution in [0.15, 0.2) is 18.2 Å². The molecule has 2 rings (SSSR count). The first-order valence-electron chi connectivity index (χ1n) is 8.64. The fourth-order valence-electron chi connectivity index (χ4n) is 2.98. The van der Waals surface area contributed by atoms with Crippen molar-refractivity contribution in [3.8, 4) is 11.6 Å². The average Bonchev–Trinajstić information content (AvgIpc) is 2.54. The molecule has 0 amide bonds. The Balaban J connectivity index is 2.62. The van der Waals surface area contributed by atoms with Crippen molar-refractivity contribution in [2.75, 3.05) is 18.0 Å². The molecule has 0 N–H and O–H groups in total. The molecule has 0 bridgehead atoms. The molecule has 7 heteroatoms. The van der Waals surface area contributed by atoms with E-state index in [1.165, 1.54) is 0 Å². The van der Waals surface area contributed by atoms with Gasteiger partial charge in [-0.3, -0.25) is 10.1 Å². The molecule has 0 saturated carbocycles. The largest absolute Gasteiger partial charge is 0.433 e. The monoisotopic (exact) mass is 377 g/mol. The summed E-state index contributed by atoms with van der Waals surface area (Å²) in [5.41, 5.74) is 2.69. The number of hydrogen-bond acceptors (Lipinski definition) is 5. The second-order valence-electron chi connectivity index (χ2n) is 6.24. The van der Waals surface area contributed by atoms with Crippen LogP contribution in [-0.2, 0) is 0 Å². The van der Waals surface area contributed by atoms with Crippen LogP contribution in [0.3, 0.4) is 0 Å². The predicted molar refractivity (Wildman–Crippen MR) is 105 cm³/mol. The first-order valence-corrected chi connectivity index (χ1v) is 9.01. The van der Waals surface area contributed by atoms with E-state index in [-0.39, 0.29) is 11.6 Å². The van der Waals surface area contributed by atoms with Crippen molar-refractivity contribution in [3.05, 3.63) is 50.2 Å². The van der Waals surface area contributed by atoms with Gasteiger partial charge in [-0.15, -0.1) is 0 Å². The van der Waals surface area contributed by atoms with Crippen LogP contribution in [-0.4, -0.2) is 23.0 Å². The number of halogens is 1. The molecule has 0 spiro atoms. The normalized spacial score (nSPS) is 10.7. The third-order valence-corrected chi connectivity index (χ3v) is 4.31. The van der Waals surface area contributed by atoms with Gasteiger partial charge in [-0.1, -0.05) is 18.5 Å². The Labute approximate surface area is 158 Å². The zero-order chi connectivity index (χ0) is 19.4. The lowest BCUT2D eigenvalue weighted by Gasteiger charge is -2.23. The van der Waals surface area contributed by atoms with Crippen LogP contribution in [0.25, 0.3) is 0 Å². The minimum atomic E-state index is -0.421. The molecule has 0 saturated heterocycles. The van der Waals surface area contributed by atoms with E-state index in [2.05, 4.69) is 4.98 Å². The Bertz CT molecular complexity index is 801. The molecule has 6 nitrogen and oxygen atoms in total. The fourth-order valence-corrected chi connectivity index (χ4v) is 3.31. The van der Waals surface area contributed by atoms with Crippen LogP contribution >= 0.6 is 11.6 Å². The Morgan fingerprint density at radius 2 is 1.81 bits per heavy atom. The van der Waals surface area contributed by atoms with Gasteiger partial charge >= 0.3 is 11.6 Å². The number of ether oxygens (including phenoxy) is 1. The van der Waals surface area contributed by atoms with Gasteiger partial charge in [0.25, 0.3) is 0 Å². The summed E-state index contributed by atoms with van der Waals surface area (Å²) in [6.07, 6.45) is 0.887. The van der Waals surface area contributed by atoms with Gasteiger partial charge in [0, 0.05) is 23.8 Å². The maximum atomic E-state index is 11.8. The SMILES string of the molecule is CCCN(CC)c1cc(C)nc(Oc2c(C)cc(Cl)cc2C)c1[N+](=O)[O-]. The summed E-state index contributed by atoms with van der Waals surface area (Å²) >= 11 is 6.07. The summed E-state index contributed by atoms with van der Waals surface area (Å²) in [5.74, 6) is 0.549. The highest BCUT2D eigenvalue weighted by Crippen LogP contribution is 2.40. The quantitative estimate of drug-likeness (QED) is 0.464. The maximum absolute atomic E-state index is 11.8. The van der Waals surface area contributed by atoms with Crippen LogP contribution in [0.5, 0.6) is 11.6 Å².